The first kappa shape index (κ1) is 21.3. The first-order valence-corrected chi connectivity index (χ1v) is 10.2. The zero-order valence-corrected chi connectivity index (χ0v) is 17.0. The van der Waals surface area contributed by atoms with Crippen molar-refractivity contribution in [1.29, 1.82) is 0 Å². The molecule has 1 unspecified atom stereocenters. The van der Waals surface area contributed by atoms with Crippen molar-refractivity contribution in [3.8, 4) is 0 Å². The van der Waals surface area contributed by atoms with Crippen LogP contribution in [0, 0.1) is 0 Å². The molecule has 0 aliphatic rings. The van der Waals surface area contributed by atoms with Crippen LogP contribution in [0.5, 0.6) is 0 Å². The number of carbonyl (C=O) groups excluding carboxylic acids is 1. The van der Waals surface area contributed by atoms with E-state index in [1.54, 1.807) is 12.4 Å². The van der Waals surface area contributed by atoms with Gasteiger partial charge in [-0.2, -0.15) is 0 Å². The number of nitrogens with zero attached hydrogens (tertiary/aromatic N) is 2. The normalized spacial score (nSPS) is 12.8. The van der Waals surface area contributed by atoms with Crippen LogP contribution in [0.2, 0.25) is 5.02 Å². The summed E-state index contributed by atoms with van der Waals surface area (Å²) in [5.41, 5.74) is 1.30. The number of hydrogen-bond acceptors (Lipinski definition) is 5. The molecule has 1 aromatic heterocycles. The van der Waals surface area contributed by atoms with Gasteiger partial charge in [-0.25, -0.2) is 12.7 Å². The van der Waals surface area contributed by atoms with Crippen LogP contribution in [0.25, 0.3) is 0 Å². The molecule has 0 saturated carbocycles. The first-order chi connectivity index (χ1) is 12.7. The number of carbonyl (C=O) groups is 1. The summed E-state index contributed by atoms with van der Waals surface area (Å²) in [5, 5.41) is 6.19. The fraction of sp³-hybridized carbons (Fsp3) is 0.333. The molecule has 0 saturated heterocycles. The van der Waals surface area contributed by atoms with Gasteiger partial charge in [-0.1, -0.05) is 17.7 Å². The van der Waals surface area contributed by atoms with Crippen molar-refractivity contribution < 1.29 is 13.2 Å². The third-order valence-electron chi connectivity index (χ3n) is 3.98. The maximum absolute atomic E-state index is 12.2. The molecule has 9 heteroatoms. The van der Waals surface area contributed by atoms with Gasteiger partial charge < -0.3 is 10.6 Å². The molecule has 0 radical (unpaired) electrons. The van der Waals surface area contributed by atoms with Crippen molar-refractivity contribution in [2.24, 2.45) is 0 Å². The van der Waals surface area contributed by atoms with Crippen molar-refractivity contribution in [2.75, 3.05) is 26.0 Å². The lowest BCUT2D eigenvalue weighted by molar-refractivity contribution is -0.116. The Morgan fingerprint density at radius 1 is 1.30 bits per heavy atom. The minimum atomic E-state index is -3.61. The number of hydrogen-bond donors (Lipinski definition) is 2. The Hall–Kier alpha value is -2.00. The molecule has 7 nitrogen and oxygen atoms in total. The van der Waals surface area contributed by atoms with Crippen LogP contribution in [0.4, 0.5) is 5.69 Å². The number of halogens is 1. The van der Waals surface area contributed by atoms with Gasteiger partial charge in [0.05, 0.1) is 15.6 Å². The highest BCUT2D eigenvalue weighted by atomic mass is 35.5. The third-order valence-corrected chi connectivity index (χ3v) is 6.12. The average molecular weight is 411 g/mol. The van der Waals surface area contributed by atoms with Crippen LogP contribution in [-0.4, -0.2) is 44.3 Å². The van der Waals surface area contributed by atoms with Gasteiger partial charge in [0.25, 0.3) is 0 Å². The number of benzene rings is 1. The lowest BCUT2D eigenvalue weighted by atomic mass is 10.1. The SMILES string of the molecule is CC(NCCC(=O)Nc1cc(S(=O)(=O)N(C)C)ccc1Cl)c1cccnc1. The van der Waals surface area contributed by atoms with E-state index in [9.17, 15) is 13.2 Å². The highest BCUT2D eigenvalue weighted by molar-refractivity contribution is 7.89. The van der Waals surface area contributed by atoms with Crippen LogP contribution in [0.3, 0.4) is 0 Å². The summed E-state index contributed by atoms with van der Waals surface area (Å²) in [6.45, 7) is 2.44. The predicted octanol–water partition coefficient (Wildman–Crippen LogP) is 2.66. The van der Waals surface area contributed by atoms with E-state index >= 15 is 0 Å². The van der Waals surface area contributed by atoms with Gasteiger partial charge in [0.2, 0.25) is 15.9 Å². The van der Waals surface area contributed by atoms with Crippen LogP contribution in [0.1, 0.15) is 24.9 Å². The Balaban J connectivity index is 1.95. The minimum absolute atomic E-state index is 0.0589. The van der Waals surface area contributed by atoms with E-state index < -0.39 is 10.0 Å². The first-order valence-electron chi connectivity index (χ1n) is 8.37. The molecule has 2 N–H and O–H groups in total. The van der Waals surface area contributed by atoms with Crippen molar-refractivity contribution in [2.45, 2.75) is 24.3 Å². The van der Waals surface area contributed by atoms with Gasteiger partial charge in [-0.05, 0) is 36.8 Å². The van der Waals surface area contributed by atoms with E-state index in [4.69, 9.17) is 11.6 Å². The van der Waals surface area contributed by atoms with Crippen molar-refractivity contribution in [3.05, 3.63) is 53.3 Å². The fourth-order valence-electron chi connectivity index (χ4n) is 2.34. The summed E-state index contributed by atoms with van der Waals surface area (Å²) in [6.07, 6.45) is 3.69. The van der Waals surface area contributed by atoms with Gasteiger partial charge in [0, 0.05) is 45.5 Å². The zero-order chi connectivity index (χ0) is 20.0. The van der Waals surface area contributed by atoms with Gasteiger partial charge in [0.1, 0.15) is 0 Å². The molecule has 2 rings (SSSR count). The van der Waals surface area contributed by atoms with Gasteiger partial charge in [-0.3, -0.25) is 9.78 Å². The third kappa shape index (κ3) is 5.74. The second-order valence-electron chi connectivity index (χ2n) is 6.19. The number of aromatic nitrogens is 1. The molecule has 0 aliphatic heterocycles. The molecule has 27 heavy (non-hydrogen) atoms. The molecular formula is C18H23ClN4O3S. The quantitative estimate of drug-likeness (QED) is 0.698. The summed E-state index contributed by atoms with van der Waals surface area (Å²) < 4.78 is 25.5. The molecule has 1 heterocycles. The molecule has 0 spiro atoms. The molecule has 1 amide bonds. The number of anilines is 1. The number of sulfonamides is 1. The lowest BCUT2D eigenvalue weighted by Gasteiger charge is -2.15. The molecule has 1 atom stereocenters. The van der Waals surface area contributed by atoms with Crippen molar-refractivity contribution >= 4 is 33.2 Å². The maximum Gasteiger partial charge on any atom is 0.242 e. The number of pyridine rings is 1. The lowest BCUT2D eigenvalue weighted by Crippen LogP contribution is -2.25. The summed E-state index contributed by atoms with van der Waals surface area (Å²) >= 11 is 6.09. The molecule has 1 aromatic carbocycles. The van der Waals surface area contributed by atoms with E-state index in [2.05, 4.69) is 15.6 Å². The van der Waals surface area contributed by atoms with Gasteiger partial charge in [-0.15, -0.1) is 0 Å². The van der Waals surface area contributed by atoms with E-state index in [1.165, 1.54) is 32.3 Å². The standard InChI is InChI=1S/C18H23ClN4O3S/c1-13(14-5-4-9-20-12-14)21-10-8-18(24)22-17-11-15(6-7-16(17)19)27(25,26)23(2)3/h4-7,9,11-13,21H,8,10H2,1-3H3,(H,22,24). The number of nitrogens with one attached hydrogen (secondary N) is 2. The van der Waals surface area contributed by atoms with Crippen LogP contribution in [0.15, 0.2) is 47.6 Å². The molecule has 146 valence electrons. The van der Waals surface area contributed by atoms with Gasteiger partial charge in [0.15, 0.2) is 0 Å². The van der Waals surface area contributed by atoms with E-state index in [1.807, 2.05) is 19.1 Å². The second kappa shape index (κ2) is 9.27. The largest absolute Gasteiger partial charge is 0.325 e. The average Bonchev–Trinajstić information content (AvgIpc) is 2.63. The summed E-state index contributed by atoms with van der Waals surface area (Å²) in [5.74, 6) is -0.262. The summed E-state index contributed by atoms with van der Waals surface area (Å²) in [6, 6.07) is 8.10. The molecule has 2 aromatic rings. The summed E-state index contributed by atoms with van der Waals surface area (Å²) in [7, 11) is -0.722. The Morgan fingerprint density at radius 2 is 2.04 bits per heavy atom. The van der Waals surface area contributed by atoms with Crippen LogP contribution >= 0.6 is 11.6 Å². The molecule has 0 aliphatic carbocycles. The maximum atomic E-state index is 12.2. The van der Waals surface area contributed by atoms with E-state index in [-0.39, 0.29) is 34.0 Å². The zero-order valence-electron chi connectivity index (χ0n) is 15.4. The molecular weight excluding hydrogens is 388 g/mol. The highest BCUT2D eigenvalue weighted by Gasteiger charge is 2.19. The van der Waals surface area contributed by atoms with Crippen molar-refractivity contribution in [3.63, 3.8) is 0 Å². The van der Waals surface area contributed by atoms with E-state index in [0.29, 0.717) is 6.54 Å². The van der Waals surface area contributed by atoms with Crippen molar-refractivity contribution in [1.82, 2.24) is 14.6 Å². The molecule has 0 bridgehead atoms. The number of amides is 1. The summed E-state index contributed by atoms with van der Waals surface area (Å²) in [4.78, 5) is 16.3. The Bertz CT molecular complexity index is 889. The highest BCUT2D eigenvalue weighted by Crippen LogP contribution is 2.26. The monoisotopic (exact) mass is 410 g/mol. The predicted molar refractivity (Wildman–Crippen MR) is 106 cm³/mol. The van der Waals surface area contributed by atoms with Crippen LogP contribution in [-0.2, 0) is 14.8 Å². The second-order valence-corrected chi connectivity index (χ2v) is 8.75. The Labute approximate surface area is 164 Å². The van der Waals surface area contributed by atoms with Gasteiger partial charge >= 0.3 is 0 Å². The smallest absolute Gasteiger partial charge is 0.242 e. The Morgan fingerprint density at radius 3 is 2.67 bits per heavy atom. The van der Waals surface area contributed by atoms with Crippen LogP contribution < -0.4 is 10.6 Å². The fourth-order valence-corrected chi connectivity index (χ4v) is 3.43. The Kier molecular flexibility index (Phi) is 7.32. The minimum Gasteiger partial charge on any atom is -0.325 e. The number of rotatable bonds is 8. The van der Waals surface area contributed by atoms with E-state index in [0.717, 1.165) is 9.87 Å². The molecule has 0 fully saturated rings. The topological polar surface area (TPSA) is 91.4 Å².